The molecule has 1 aromatic heterocycles. The van der Waals surface area contributed by atoms with Crippen molar-refractivity contribution >= 4 is 5.95 Å². The molecule has 0 amide bonds. The third-order valence-corrected chi connectivity index (χ3v) is 2.42. The van der Waals surface area contributed by atoms with E-state index in [2.05, 4.69) is 27.1 Å². The topological polar surface area (TPSA) is 50.3 Å². The van der Waals surface area contributed by atoms with Crippen molar-refractivity contribution in [2.24, 2.45) is 0 Å². The first-order chi connectivity index (χ1) is 7.99. The van der Waals surface area contributed by atoms with E-state index in [0.29, 0.717) is 17.9 Å². The van der Waals surface area contributed by atoms with Crippen molar-refractivity contribution in [1.82, 2.24) is 14.9 Å². The van der Waals surface area contributed by atoms with Crippen LogP contribution in [0.15, 0.2) is 12.3 Å². The van der Waals surface area contributed by atoms with Gasteiger partial charge in [0.1, 0.15) is 0 Å². The van der Waals surface area contributed by atoms with E-state index >= 15 is 0 Å². The maximum absolute atomic E-state index is 5.51. The van der Waals surface area contributed by atoms with Gasteiger partial charge in [0.25, 0.3) is 0 Å². The van der Waals surface area contributed by atoms with E-state index in [4.69, 9.17) is 4.74 Å². The molecule has 1 atom stereocenters. The summed E-state index contributed by atoms with van der Waals surface area (Å²) in [5.41, 5.74) is 0. The van der Waals surface area contributed by atoms with Crippen LogP contribution in [0.5, 0.6) is 5.88 Å². The maximum Gasteiger partial charge on any atom is 0.225 e. The van der Waals surface area contributed by atoms with E-state index in [1.165, 1.54) is 0 Å². The van der Waals surface area contributed by atoms with Crippen molar-refractivity contribution in [2.45, 2.75) is 32.9 Å². The molecule has 17 heavy (non-hydrogen) atoms. The van der Waals surface area contributed by atoms with Crippen LogP contribution in [0.1, 0.15) is 20.8 Å². The van der Waals surface area contributed by atoms with Crippen LogP contribution in [-0.4, -0.2) is 47.7 Å². The molecule has 0 saturated carbocycles. The summed E-state index contributed by atoms with van der Waals surface area (Å²) < 4.78 is 5.51. The summed E-state index contributed by atoms with van der Waals surface area (Å²) in [6.07, 6.45) is 1.83. The van der Waals surface area contributed by atoms with Gasteiger partial charge in [0.15, 0.2) is 0 Å². The van der Waals surface area contributed by atoms with Gasteiger partial charge in [0.05, 0.1) is 6.10 Å². The van der Waals surface area contributed by atoms with Gasteiger partial charge in [0.2, 0.25) is 11.8 Å². The largest absolute Gasteiger partial charge is 0.475 e. The lowest BCUT2D eigenvalue weighted by Crippen LogP contribution is -2.31. The maximum atomic E-state index is 5.51. The van der Waals surface area contributed by atoms with Gasteiger partial charge in [-0.05, 0) is 34.9 Å². The van der Waals surface area contributed by atoms with Crippen LogP contribution in [-0.2, 0) is 0 Å². The van der Waals surface area contributed by atoms with Crippen LogP contribution in [0.25, 0.3) is 0 Å². The number of hydrogen-bond donors (Lipinski definition) is 1. The Morgan fingerprint density at radius 2 is 2.06 bits per heavy atom. The van der Waals surface area contributed by atoms with Gasteiger partial charge in [-0.25, -0.2) is 4.98 Å². The fourth-order valence-electron chi connectivity index (χ4n) is 1.16. The number of anilines is 1. The Hall–Kier alpha value is -1.36. The van der Waals surface area contributed by atoms with Gasteiger partial charge < -0.3 is 15.0 Å². The molecular weight excluding hydrogens is 216 g/mol. The highest BCUT2D eigenvalue weighted by Crippen LogP contribution is 2.10. The zero-order valence-electron chi connectivity index (χ0n) is 11.3. The zero-order valence-corrected chi connectivity index (χ0v) is 11.3. The third kappa shape index (κ3) is 4.99. The van der Waals surface area contributed by atoms with Crippen LogP contribution < -0.4 is 10.1 Å². The van der Waals surface area contributed by atoms with Crippen LogP contribution in [0.4, 0.5) is 5.95 Å². The molecule has 0 fully saturated rings. The molecule has 1 aromatic rings. The molecule has 1 unspecified atom stereocenters. The predicted molar refractivity (Wildman–Crippen MR) is 69.4 cm³/mol. The monoisotopic (exact) mass is 238 g/mol. The van der Waals surface area contributed by atoms with E-state index in [-0.39, 0.29) is 6.10 Å². The molecule has 0 aliphatic rings. The molecule has 0 aromatic carbocycles. The lowest BCUT2D eigenvalue weighted by Gasteiger charge is -2.20. The molecule has 5 nitrogen and oxygen atoms in total. The first kappa shape index (κ1) is 13.7. The Kier molecular flexibility index (Phi) is 5.15. The first-order valence-electron chi connectivity index (χ1n) is 5.89. The molecule has 0 spiro atoms. The average Bonchev–Trinajstić information content (AvgIpc) is 2.25. The lowest BCUT2D eigenvalue weighted by molar-refractivity contribution is 0.232. The van der Waals surface area contributed by atoms with Crippen molar-refractivity contribution in [3.8, 4) is 5.88 Å². The SMILES string of the molecule is CC(C)Oc1ccnc(NCC(C)N(C)C)n1. The summed E-state index contributed by atoms with van der Waals surface area (Å²) in [4.78, 5) is 10.6. The van der Waals surface area contributed by atoms with Gasteiger partial charge in [-0.1, -0.05) is 0 Å². The van der Waals surface area contributed by atoms with Crippen molar-refractivity contribution in [1.29, 1.82) is 0 Å². The number of hydrogen-bond acceptors (Lipinski definition) is 5. The Morgan fingerprint density at radius 1 is 1.35 bits per heavy atom. The van der Waals surface area contributed by atoms with Crippen molar-refractivity contribution < 1.29 is 4.74 Å². The van der Waals surface area contributed by atoms with Crippen LogP contribution in [0.2, 0.25) is 0 Å². The second kappa shape index (κ2) is 6.39. The summed E-state index contributed by atoms with van der Waals surface area (Å²) in [5, 5.41) is 3.20. The third-order valence-electron chi connectivity index (χ3n) is 2.42. The quantitative estimate of drug-likeness (QED) is 0.816. The highest BCUT2D eigenvalue weighted by molar-refractivity contribution is 5.27. The van der Waals surface area contributed by atoms with Crippen LogP contribution in [0, 0.1) is 0 Å². The summed E-state index contributed by atoms with van der Waals surface area (Å²) in [7, 11) is 4.09. The van der Waals surface area contributed by atoms with Gasteiger partial charge in [-0.15, -0.1) is 0 Å². The predicted octanol–water partition coefficient (Wildman–Crippen LogP) is 1.63. The minimum atomic E-state index is 0.124. The molecule has 0 aliphatic heterocycles. The molecule has 1 N–H and O–H groups in total. The van der Waals surface area contributed by atoms with Crippen LogP contribution >= 0.6 is 0 Å². The van der Waals surface area contributed by atoms with E-state index in [9.17, 15) is 0 Å². The normalized spacial score (nSPS) is 12.9. The summed E-state index contributed by atoms with van der Waals surface area (Å²) in [6.45, 7) is 6.90. The van der Waals surface area contributed by atoms with Crippen molar-refractivity contribution in [2.75, 3.05) is 26.0 Å². The van der Waals surface area contributed by atoms with Gasteiger partial charge in [-0.3, -0.25) is 0 Å². The van der Waals surface area contributed by atoms with Gasteiger partial charge >= 0.3 is 0 Å². The fraction of sp³-hybridized carbons (Fsp3) is 0.667. The second-order valence-corrected chi connectivity index (χ2v) is 4.58. The molecule has 0 radical (unpaired) electrons. The Labute approximate surface area is 103 Å². The average molecular weight is 238 g/mol. The number of likely N-dealkylation sites (N-methyl/N-ethyl adjacent to an activating group) is 1. The minimum absolute atomic E-state index is 0.124. The second-order valence-electron chi connectivity index (χ2n) is 4.58. The Balaban J connectivity index is 2.54. The van der Waals surface area contributed by atoms with Crippen molar-refractivity contribution in [3.05, 3.63) is 12.3 Å². The number of nitrogens with zero attached hydrogens (tertiary/aromatic N) is 3. The van der Waals surface area contributed by atoms with E-state index in [1.807, 2.05) is 27.9 Å². The zero-order chi connectivity index (χ0) is 12.8. The fourth-order valence-corrected chi connectivity index (χ4v) is 1.16. The highest BCUT2D eigenvalue weighted by Gasteiger charge is 2.06. The first-order valence-corrected chi connectivity index (χ1v) is 5.89. The Morgan fingerprint density at radius 3 is 2.65 bits per heavy atom. The summed E-state index contributed by atoms with van der Waals surface area (Å²) >= 11 is 0. The molecule has 96 valence electrons. The highest BCUT2D eigenvalue weighted by atomic mass is 16.5. The smallest absolute Gasteiger partial charge is 0.225 e. The number of ether oxygens (including phenoxy) is 1. The molecule has 1 heterocycles. The van der Waals surface area contributed by atoms with E-state index in [0.717, 1.165) is 6.54 Å². The molecule has 0 bridgehead atoms. The Bertz CT molecular complexity index is 341. The minimum Gasteiger partial charge on any atom is -0.475 e. The van der Waals surface area contributed by atoms with Crippen molar-refractivity contribution in [3.63, 3.8) is 0 Å². The molecule has 1 rings (SSSR count). The standard InChI is InChI=1S/C12H22N4O/c1-9(2)17-11-6-7-13-12(15-11)14-8-10(3)16(4)5/h6-7,9-10H,8H2,1-5H3,(H,13,14,15). The molecule has 0 saturated heterocycles. The molecule has 5 heteroatoms. The van der Waals surface area contributed by atoms with E-state index in [1.54, 1.807) is 12.3 Å². The lowest BCUT2D eigenvalue weighted by atomic mass is 10.3. The summed E-state index contributed by atoms with van der Waals surface area (Å²) in [6, 6.07) is 2.19. The number of rotatable bonds is 6. The van der Waals surface area contributed by atoms with Crippen LogP contribution in [0.3, 0.4) is 0 Å². The number of nitrogens with one attached hydrogen (secondary N) is 1. The van der Waals surface area contributed by atoms with Gasteiger partial charge in [0, 0.05) is 24.8 Å². The van der Waals surface area contributed by atoms with E-state index < -0.39 is 0 Å². The molecule has 0 aliphatic carbocycles. The number of aromatic nitrogens is 2. The summed E-state index contributed by atoms with van der Waals surface area (Å²) in [5.74, 6) is 1.21. The van der Waals surface area contributed by atoms with Gasteiger partial charge in [-0.2, -0.15) is 4.98 Å². The molecular formula is C12H22N4O.